The normalized spacial score (nSPS) is 11.3. The van der Waals surface area contributed by atoms with Crippen molar-refractivity contribution in [2.45, 2.75) is 116 Å². The highest BCUT2D eigenvalue weighted by atomic mass is 16.1. The van der Waals surface area contributed by atoms with Crippen LogP contribution in [0.25, 0.3) is 0 Å². The molecule has 0 spiro atoms. The van der Waals surface area contributed by atoms with Gasteiger partial charge >= 0.3 is 0 Å². The van der Waals surface area contributed by atoms with Gasteiger partial charge in [0.1, 0.15) is 0 Å². The van der Waals surface area contributed by atoms with Crippen molar-refractivity contribution >= 4 is 5.91 Å². The van der Waals surface area contributed by atoms with Crippen LogP contribution in [-0.2, 0) is 4.79 Å². The lowest BCUT2D eigenvalue weighted by Crippen LogP contribution is -2.29. The van der Waals surface area contributed by atoms with Crippen LogP contribution >= 0.6 is 0 Å². The molecule has 0 heterocycles. The number of amides is 1. The van der Waals surface area contributed by atoms with Gasteiger partial charge in [0.2, 0.25) is 5.91 Å². The van der Waals surface area contributed by atoms with E-state index in [1.165, 1.54) is 83.5 Å². The van der Waals surface area contributed by atoms with Crippen LogP contribution < -0.4 is 11.1 Å². The number of nitrogens with two attached hydrogens (primary N) is 1. The van der Waals surface area contributed by atoms with E-state index >= 15 is 0 Å². The molecule has 0 radical (unpaired) electrons. The third kappa shape index (κ3) is 21.7. The minimum atomic E-state index is 0.226. The molecule has 0 aliphatic carbocycles. The van der Waals surface area contributed by atoms with Crippen molar-refractivity contribution in [1.29, 1.82) is 0 Å². The molecule has 168 valence electrons. The van der Waals surface area contributed by atoms with Crippen molar-refractivity contribution in [2.24, 2.45) is 5.73 Å². The van der Waals surface area contributed by atoms with Gasteiger partial charge < -0.3 is 16.0 Å². The average molecular weight is 398 g/mol. The molecule has 0 atom stereocenters. The highest BCUT2D eigenvalue weighted by molar-refractivity contribution is 5.75. The zero-order valence-electron chi connectivity index (χ0n) is 19.3. The second kappa shape index (κ2) is 22.7. The lowest BCUT2D eigenvalue weighted by Gasteiger charge is -2.15. The molecule has 0 fully saturated rings. The predicted molar refractivity (Wildman–Crippen MR) is 124 cm³/mol. The van der Waals surface area contributed by atoms with E-state index in [2.05, 4.69) is 24.2 Å². The summed E-state index contributed by atoms with van der Waals surface area (Å²) in [6, 6.07) is 0. The fourth-order valence-electron chi connectivity index (χ4n) is 3.62. The lowest BCUT2D eigenvalue weighted by atomic mass is 10.0. The van der Waals surface area contributed by atoms with Crippen molar-refractivity contribution in [1.82, 2.24) is 10.2 Å². The van der Waals surface area contributed by atoms with E-state index in [0.717, 1.165) is 45.4 Å². The number of nitrogens with zero attached hydrogens (tertiary/aromatic N) is 1. The topological polar surface area (TPSA) is 58.4 Å². The molecule has 0 rings (SSSR count). The molecular formula is C24H51N3O. The lowest BCUT2D eigenvalue weighted by molar-refractivity contribution is -0.121. The van der Waals surface area contributed by atoms with Crippen molar-refractivity contribution in [3.05, 3.63) is 0 Å². The molecule has 1 amide bonds. The van der Waals surface area contributed by atoms with Crippen LogP contribution in [0, 0.1) is 0 Å². The molecule has 0 bridgehead atoms. The molecular weight excluding hydrogens is 346 g/mol. The van der Waals surface area contributed by atoms with Gasteiger partial charge in [-0.05, 0) is 45.9 Å². The Labute approximate surface area is 176 Å². The third-order valence-electron chi connectivity index (χ3n) is 5.54. The van der Waals surface area contributed by atoms with E-state index in [4.69, 9.17) is 5.73 Å². The standard InChI is InChI=1S/C24H51N3O/c1-3-4-5-6-7-8-9-10-11-12-13-14-15-16-19-24(28)26-21-18-23-27(2)22-17-20-25/h3-23,25H2,1-2H3,(H,26,28). The Morgan fingerprint density at radius 3 is 1.68 bits per heavy atom. The minimum Gasteiger partial charge on any atom is -0.356 e. The van der Waals surface area contributed by atoms with E-state index in [0.29, 0.717) is 6.42 Å². The van der Waals surface area contributed by atoms with Gasteiger partial charge in [-0.2, -0.15) is 0 Å². The van der Waals surface area contributed by atoms with Gasteiger partial charge in [0.15, 0.2) is 0 Å². The Balaban J connectivity index is 3.20. The Kier molecular flexibility index (Phi) is 22.2. The van der Waals surface area contributed by atoms with E-state index in [1.54, 1.807) is 0 Å². The first-order chi connectivity index (χ1) is 13.7. The van der Waals surface area contributed by atoms with E-state index in [-0.39, 0.29) is 5.91 Å². The first kappa shape index (κ1) is 27.4. The monoisotopic (exact) mass is 397 g/mol. The number of rotatable bonds is 22. The molecule has 0 aromatic carbocycles. The summed E-state index contributed by atoms with van der Waals surface area (Å²) >= 11 is 0. The predicted octanol–water partition coefficient (Wildman–Crippen LogP) is 5.64. The summed E-state index contributed by atoms with van der Waals surface area (Å²) in [6.45, 7) is 5.90. The van der Waals surface area contributed by atoms with Crippen LogP contribution in [0.1, 0.15) is 116 Å². The summed E-state index contributed by atoms with van der Waals surface area (Å²) in [6.07, 6.45) is 21.7. The minimum absolute atomic E-state index is 0.226. The van der Waals surface area contributed by atoms with Gasteiger partial charge in [0.05, 0.1) is 0 Å². The van der Waals surface area contributed by atoms with Crippen LogP contribution in [0.15, 0.2) is 0 Å². The van der Waals surface area contributed by atoms with Gasteiger partial charge in [-0.25, -0.2) is 0 Å². The maximum absolute atomic E-state index is 11.8. The summed E-state index contributed by atoms with van der Waals surface area (Å²) in [4.78, 5) is 14.1. The Bertz CT molecular complexity index is 323. The Morgan fingerprint density at radius 1 is 0.714 bits per heavy atom. The molecule has 0 saturated carbocycles. The maximum atomic E-state index is 11.8. The van der Waals surface area contributed by atoms with Gasteiger partial charge in [0.25, 0.3) is 0 Å². The van der Waals surface area contributed by atoms with Crippen LogP contribution in [0.5, 0.6) is 0 Å². The SMILES string of the molecule is CCCCCCCCCCCCCCCCC(=O)NCCCN(C)CCCN. The first-order valence-corrected chi connectivity index (χ1v) is 12.4. The third-order valence-corrected chi connectivity index (χ3v) is 5.54. The smallest absolute Gasteiger partial charge is 0.219 e. The molecule has 3 N–H and O–H groups in total. The number of hydrogen-bond donors (Lipinski definition) is 2. The fraction of sp³-hybridized carbons (Fsp3) is 0.958. The van der Waals surface area contributed by atoms with Crippen LogP contribution in [-0.4, -0.2) is 44.0 Å². The second-order valence-electron chi connectivity index (χ2n) is 8.50. The molecule has 0 aromatic heterocycles. The Hall–Kier alpha value is -0.610. The Morgan fingerprint density at radius 2 is 1.18 bits per heavy atom. The summed E-state index contributed by atoms with van der Waals surface area (Å²) < 4.78 is 0. The summed E-state index contributed by atoms with van der Waals surface area (Å²) in [7, 11) is 2.12. The molecule has 0 aliphatic rings. The number of carbonyl (C=O) groups is 1. The zero-order chi connectivity index (χ0) is 20.7. The molecule has 28 heavy (non-hydrogen) atoms. The number of hydrogen-bond acceptors (Lipinski definition) is 3. The first-order valence-electron chi connectivity index (χ1n) is 12.4. The fourth-order valence-corrected chi connectivity index (χ4v) is 3.62. The highest BCUT2D eigenvalue weighted by Crippen LogP contribution is 2.13. The van der Waals surface area contributed by atoms with Crippen LogP contribution in [0.3, 0.4) is 0 Å². The molecule has 4 heteroatoms. The van der Waals surface area contributed by atoms with Crippen LogP contribution in [0.2, 0.25) is 0 Å². The molecule has 0 saturated heterocycles. The molecule has 0 aliphatic heterocycles. The van der Waals surface area contributed by atoms with E-state index < -0.39 is 0 Å². The summed E-state index contributed by atoms with van der Waals surface area (Å²) in [5.41, 5.74) is 5.51. The number of nitrogens with one attached hydrogen (secondary N) is 1. The van der Waals surface area contributed by atoms with Crippen molar-refractivity contribution in [3.8, 4) is 0 Å². The zero-order valence-corrected chi connectivity index (χ0v) is 19.3. The highest BCUT2D eigenvalue weighted by Gasteiger charge is 2.02. The van der Waals surface area contributed by atoms with E-state index in [1.807, 2.05) is 0 Å². The summed E-state index contributed by atoms with van der Waals surface area (Å²) in [5, 5.41) is 3.05. The molecule has 0 aromatic rings. The van der Waals surface area contributed by atoms with Crippen molar-refractivity contribution in [2.75, 3.05) is 33.2 Å². The maximum Gasteiger partial charge on any atom is 0.219 e. The molecule has 0 unspecified atom stereocenters. The van der Waals surface area contributed by atoms with Gasteiger partial charge in [-0.1, -0.05) is 90.4 Å². The van der Waals surface area contributed by atoms with Gasteiger partial charge in [0, 0.05) is 13.0 Å². The number of carbonyl (C=O) groups excluding carboxylic acids is 1. The van der Waals surface area contributed by atoms with Crippen molar-refractivity contribution < 1.29 is 4.79 Å². The largest absolute Gasteiger partial charge is 0.356 e. The van der Waals surface area contributed by atoms with Crippen molar-refractivity contribution in [3.63, 3.8) is 0 Å². The number of unbranched alkanes of at least 4 members (excludes halogenated alkanes) is 13. The molecule has 4 nitrogen and oxygen atoms in total. The van der Waals surface area contributed by atoms with Crippen LogP contribution in [0.4, 0.5) is 0 Å². The second-order valence-corrected chi connectivity index (χ2v) is 8.50. The van der Waals surface area contributed by atoms with Gasteiger partial charge in [-0.15, -0.1) is 0 Å². The summed E-state index contributed by atoms with van der Waals surface area (Å²) in [5.74, 6) is 0.226. The average Bonchev–Trinajstić information content (AvgIpc) is 2.69. The van der Waals surface area contributed by atoms with Gasteiger partial charge in [-0.3, -0.25) is 4.79 Å². The van der Waals surface area contributed by atoms with E-state index in [9.17, 15) is 4.79 Å². The quantitative estimate of drug-likeness (QED) is 0.232.